The van der Waals surface area contributed by atoms with Gasteiger partial charge in [-0.1, -0.05) is 42.5 Å². The molecule has 0 fully saturated rings. The molecule has 1 unspecified atom stereocenters. The number of benzene rings is 2. The minimum Gasteiger partial charge on any atom is -0.206 e. The van der Waals surface area contributed by atoms with Gasteiger partial charge in [-0.3, -0.25) is 0 Å². The summed E-state index contributed by atoms with van der Waals surface area (Å²) >= 11 is 0. The van der Waals surface area contributed by atoms with E-state index >= 15 is 0 Å². The monoisotopic (exact) mass is 236 g/mol. The largest absolute Gasteiger partial charge is 0.206 e. The normalized spacial score (nSPS) is 11.3. The zero-order chi connectivity index (χ0) is 13.0. The summed E-state index contributed by atoms with van der Waals surface area (Å²) < 4.78 is 13.5. The minimum absolute atomic E-state index is 0.0621. The zero-order valence-electron chi connectivity index (χ0n) is 9.47. The van der Waals surface area contributed by atoms with Crippen molar-refractivity contribution in [1.82, 2.24) is 0 Å². The van der Waals surface area contributed by atoms with Crippen LogP contribution < -0.4 is 0 Å². The van der Waals surface area contributed by atoms with Crippen LogP contribution in [0.3, 0.4) is 0 Å². The summed E-state index contributed by atoms with van der Waals surface area (Å²) in [5.41, 5.74) is 1.10. The second-order valence-electron chi connectivity index (χ2n) is 3.79. The van der Waals surface area contributed by atoms with Crippen LogP contribution in [-0.2, 0) is 0 Å². The fourth-order valence-electron chi connectivity index (χ4n) is 1.87. The molecule has 1 atom stereocenters. The van der Waals surface area contributed by atoms with E-state index in [0.29, 0.717) is 5.56 Å². The summed E-state index contributed by atoms with van der Waals surface area (Å²) in [5, 5.41) is 18.3. The van der Waals surface area contributed by atoms with Crippen LogP contribution in [0.2, 0.25) is 0 Å². The quantitative estimate of drug-likeness (QED) is 0.802. The average Bonchev–Trinajstić information content (AvgIpc) is 2.41. The Balaban J connectivity index is 2.58. The lowest BCUT2D eigenvalue weighted by atomic mass is 9.89. The summed E-state index contributed by atoms with van der Waals surface area (Å²) in [6.07, 6.45) is 0. The lowest BCUT2D eigenvalue weighted by Crippen LogP contribution is -2.02. The van der Waals surface area contributed by atoms with Crippen molar-refractivity contribution < 1.29 is 4.39 Å². The van der Waals surface area contributed by atoms with Crippen molar-refractivity contribution >= 4 is 0 Å². The molecule has 2 rings (SSSR count). The van der Waals surface area contributed by atoms with E-state index in [-0.39, 0.29) is 5.56 Å². The van der Waals surface area contributed by atoms with Crippen LogP contribution in [0.15, 0.2) is 48.5 Å². The molecule has 2 aromatic carbocycles. The van der Waals surface area contributed by atoms with Gasteiger partial charge in [-0.25, -0.2) is 4.39 Å². The topological polar surface area (TPSA) is 47.6 Å². The summed E-state index contributed by atoms with van der Waals surface area (Å²) in [6, 6.07) is 17.3. The van der Waals surface area contributed by atoms with Crippen molar-refractivity contribution in [1.29, 1.82) is 10.5 Å². The smallest absolute Gasteiger partial charge is 0.141 e. The predicted octanol–water partition coefficient (Wildman–Crippen LogP) is 3.35. The Morgan fingerprint density at radius 1 is 0.944 bits per heavy atom. The van der Waals surface area contributed by atoms with Crippen LogP contribution in [0.25, 0.3) is 0 Å². The molecular formula is C15H9FN2. The summed E-state index contributed by atoms with van der Waals surface area (Å²) in [6.45, 7) is 0. The highest BCUT2D eigenvalue weighted by Crippen LogP contribution is 2.27. The third-order valence-electron chi connectivity index (χ3n) is 2.73. The van der Waals surface area contributed by atoms with Gasteiger partial charge < -0.3 is 0 Å². The predicted molar refractivity (Wildman–Crippen MR) is 65.0 cm³/mol. The van der Waals surface area contributed by atoms with Crippen molar-refractivity contribution in [3.05, 3.63) is 71.0 Å². The van der Waals surface area contributed by atoms with E-state index in [1.54, 1.807) is 18.2 Å². The third kappa shape index (κ3) is 2.07. The number of nitrogens with zero attached hydrogens (tertiary/aromatic N) is 2. The molecule has 0 aliphatic rings. The maximum absolute atomic E-state index is 13.5. The first kappa shape index (κ1) is 11.8. The Bertz CT molecular complexity index is 636. The molecule has 0 amide bonds. The third-order valence-corrected chi connectivity index (χ3v) is 2.73. The van der Waals surface area contributed by atoms with E-state index in [1.165, 1.54) is 12.1 Å². The van der Waals surface area contributed by atoms with Gasteiger partial charge in [0.15, 0.2) is 0 Å². The van der Waals surface area contributed by atoms with Crippen LogP contribution in [0.1, 0.15) is 22.6 Å². The summed E-state index contributed by atoms with van der Waals surface area (Å²) in [7, 11) is 0. The lowest BCUT2D eigenvalue weighted by molar-refractivity contribution is 0.621. The molecule has 0 aliphatic heterocycles. The SMILES string of the molecule is N#Cc1c(F)cccc1C(C#N)c1ccccc1. The first-order valence-electron chi connectivity index (χ1n) is 5.41. The molecule has 0 spiro atoms. The molecule has 18 heavy (non-hydrogen) atoms. The van der Waals surface area contributed by atoms with Crippen molar-refractivity contribution in [2.24, 2.45) is 0 Å². The minimum atomic E-state index is -0.628. The molecule has 0 heterocycles. The maximum atomic E-state index is 13.5. The van der Waals surface area contributed by atoms with Crippen LogP contribution >= 0.6 is 0 Å². The van der Waals surface area contributed by atoms with Gasteiger partial charge in [0.25, 0.3) is 0 Å². The zero-order valence-corrected chi connectivity index (χ0v) is 9.47. The Morgan fingerprint density at radius 2 is 1.67 bits per heavy atom. The Labute approximate surface area is 105 Å². The van der Waals surface area contributed by atoms with Crippen LogP contribution in [0.5, 0.6) is 0 Å². The van der Waals surface area contributed by atoms with Gasteiger partial charge in [0.05, 0.1) is 17.6 Å². The van der Waals surface area contributed by atoms with Crippen LogP contribution in [-0.4, -0.2) is 0 Å². The Kier molecular flexibility index (Phi) is 3.36. The second-order valence-corrected chi connectivity index (χ2v) is 3.79. The van der Waals surface area contributed by atoms with Gasteiger partial charge >= 0.3 is 0 Å². The second kappa shape index (κ2) is 5.12. The van der Waals surface area contributed by atoms with E-state index in [0.717, 1.165) is 5.56 Å². The number of hydrogen-bond donors (Lipinski definition) is 0. The van der Waals surface area contributed by atoms with Crippen molar-refractivity contribution in [2.75, 3.05) is 0 Å². The van der Waals surface area contributed by atoms with Gasteiger partial charge in [-0.05, 0) is 17.2 Å². The molecular weight excluding hydrogens is 227 g/mol. The molecule has 0 saturated heterocycles. The molecule has 2 aromatic rings. The van der Waals surface area contributed by atoms with Gasteiger partial charge in [-0.2, -0.15) is 10.5 Å². The first-order chi connectivity index (χ1) is 8.77. The number of rotatable bonds is 2. The number of hydrogen-bond acceptors (Lipinski definition) is 2. The highest BCUT2D eigenvalue weighted by atomic mass is 19.1. The number of nitriles is 2. The highest BCUT2D eigenvalue weighted by molar-refractivity contribution is 5.48. The fraction of sp³-hybridized carbons (Fsp3) is 0.0667. The summed E-state index contributed by atoms with van der Waals surface area (Å²) in [5.74, 6) is -1.22. The average molecular weight is 236 g/mol. The molecule has 3 heteroatoms. The fourth-order valence-corrected chi connectivity index (χ4v) is 1.87. The van der Waals surface area contributed by atoms with Crippen LogP contribution in [0, 0.1) is 28.5 Å². The van der Waals surface area contributed by atoms with E-state index < -0.39 is 11.7 Å². The van der Waals surface area contributed by atoms with Gasteiger partial charge in [0, 0.05) is 0 Å². The first-order valence-corrected chi connectivity index (χ1v) is 5.41. The van der Waals surface area contributed by atoms with Gasteiger partial charge in [0.2, 0.25) is 0 Å². The molecule has 0 aliphatic carbocycles. The molecule has 0 aromatic heterocycles. The van der Waals surface area contributed by atoms with E-state index in [1.807, 2.05) is 24.3 Å². The molecule has 0 saturated carbocycles. The maximum Gasteiger partial charge on any atom is 0.141 e. The van der Waals surface area contributed by atoms with Gasteiger partial charge in [-0.15, -0.1) is 0 Å². The molecule has 0 N–H and O–H groups in total. The highest BCUT2D eigenvalue weighted by Gasteiger charge is 2.19. The molecule has 0 radical (unpaired) electrons. The number of halogens is 1. The van der Waals surface area contributed by atoms with Crippen molar-refractivity contribution in [3.8, 4) is 12.1 Å². The Hall–Kier alpha value is -2.65. The van der Waals surface area contributed by atoms with E-state index in [4.69, 9.17) is 5.26 Å². The van der Waals surface area contributed by atoms with Crippen LogP contribution in [0.4, 0.5) is 4.39 Å². The van der Waals surface area contributed by atoms with Crippen molar-refractivity contribution in [3.63, 3.8) is 0 Å². The molecule has 0 bridgehead atoms. The Morgan fingerprint density at radius 3 is 2.28 bits per heavy atom. The molecule has 86 valence electrons. The van der Waals surface area contributed by atoms with Crippen molar-refractivity contribution in [2.45, 2.75) is 5.92 Å². The summed E-state index contributed by atoms with van der Waals surface area (Å²) in [4.78, 5) is 0. The standard InChI is InChI=1S/C15H9FN2/c16-15-8-4-7-12(14(15)10-18)13(9-17)11-5-2-1-3-6-11/h1-8,13H. The van der Waals surface area contributed by atoms with Gasteiger partial charge in [0.1, 0.15) is 11.9 Å². The lowest BCUT2D eigenvalue weighted by Gasteiger charge is -2.11. The van der Waals surface area contributed by atoms with E-state index in [9.17, 15) is 9.65 Å². The van der Waals surface area contributed by atoms with E-state index in [2.05, 4.69) is 6.07 Å². The molecule has 2 nitrogen and oxygen atoms in total.